The Balaban J connectivity index is 2.25. The van der Waals surface area contributed by atoms with Gasteiger partial charge in [0.2, 0.25) is 0 Å². The van der Waals surface area contributed by atoms with E-state index in [4.69, 9.17) is 5.73 Å². The molecule has 0 heterocycles. The summed E-state index contributed by atoms with van der Waals surface area (Å²) in [6.07, 6.45) is 0. The van der Waals surface area contributed by atoms with Crippen LogP contribution in [0.2, 0.25) is 0 Å². The van der Waals surface area contributed by atoms with E-state index < -0.39 is 0 Å². The Hall–Kier alpha value is -1.63. The molecule has 98 valence electrons. The summed E-state index contributed by atoms with van der Waals surface area (Å²) in [5, 5.41) is 2.72. The number of nitrogens with one attached hydrogen (secondary N) is 1. The number of amides is 1. The van der Waals surface area contributed by atoms with Gasteiger partial charge in [-0.1, -0.05) is 6.07 Å². The molecule has 0 aliphatic rings. The second-order valence-corrected chi connectivity index (χ2v) is 5.33. The predicted octanol–water partition coefficient (Wildman–Crippen LogP) is 3.57. The SMILES string of the molecule is Cc1ccc(NC(=O)c2ccc(F)cc2I)c(N)c1. The molecule has 3 N–H and O–H groups in total. The van der Waals surface area contributed by atoms with Gasteiger partial charge in [0.05, 0.1) is 16.9 Å². The fourth-order valence-electron chi connectivity index (χ4n) is 1.66. The van der Waals surface area contributed by atoms with E-state index in [1.54, 1.807) is 12.1 Å². The second kappa shape index (κ2) is 5.56. The van der Waals surface area contributed by atoms with Crippen LogP contribution in [0.15, 0.2) is 36.4 Å². The first kappa shape index (κ1) is 13.8. The molecule has 0 saturated carbocycles. The maximum atomic E-state index is 13.0. The minimum atomic E-state index is -0.365. The zero-order valence-corrected chi connectivity index (χ0v) is 12.4. The minimum Gasteiger partial charge on any atom is -0.397 e. The molecule has 0 radical (unpaired) electrons. The molecule has 0 atom stereocenters. The highest BCUT2D eigenvalue weighted by Gasteiger charge is 2.12. The Morgan fingerprint density at radius 1 is 1.26 bits per heavy atom. The number of aryl methyl sites for hydroxylation is 1. The van der Waals surface area contributed by atoms with Crippen LogP contribution in [-0.4, -0.2) is 5.91 Å². The molecule has 0 bridgehead atoms. The van der Waals surface area contributed by atoms with E-state index in [0.717, 1.165) is 5.56 Å². The van der Waals surface area contributed by atoms with Gasteiger partial charge in [0.25, 0.3) is 5.91 Å². The van der Waals surface area contributed by atoms with Crippen LogP contribution in [0.1, 0.15) is 15.9 Å². The van der Waals surface area contributed by atoms with Gasteiger partial charge in [-0.15, -0.1) is 0 Å². The lowest BCUT2D eigenvalue weighted by Gasteiger charge is -2.10. The van der Waals surface area contributed by atoms with Gasteiger partial charge in [-0.05, 0) is 65.4 Å². The van der Waals surface area contributed by atoms with Gasteiger partial charge in [0.15, 0.2) is 0 Å². The molecule has 0 aliphatic carbocycles. The number of halogens is 2. The molecule has 2 rings (SSSR count). The Kier molecular flexibility index (Phi) is 4.04. The largest absolute Gasteiger partial charge is 0.397 e. The van der Waals surface area contributed by atoms with Crippen molar-refractivity contribution in [2.75, 3.05) is 11.1 Å². The predicted molar refractivity (Wildman–Crippen MR) is 82.7 cm³/mol. The van der Waals surface area contributed by atoms with Crippen LogP contribution in [0.3, 0.4) is 0 Å². The van der Waals surface area contributed by atoms with E-state index in [-0.39, 0.29) is 11.7 Å². The van der Waals surface area contributed by atoms with E-state index >= 15 is 0 Å². The molecule has 2 aromatic rings. The van der Waals surface area contributed by atoms with Crippen molar-refractivity contribution >= 4 is 39.9 Å². The average molecular weight is 370 g/mol. The standard InChI is InChI=1S/C14H12FIN2O/c1-8-2-5-13(12(17)6-8)18-14(19)10-4-3-9(15)7-11(10)16/h2-7H,17H2,1H3,(H,18,19). The highest BCUT2D eigenvalue weighted by molar-refractivity contribution is 14.1. The van der Waals surface area contributed by atoms with Crippen molar-refractivity contribution in [3.05, 3.63) is 56.9 Å². The third kappa shape index (κ3) is 3.23. The average Bonchev–Trinajstić information content (AvgIpc) is 2.32. The fourth-order valence-corrected chi connectivity index (χ4v) is 2.38. The molecule has 0 aromatic heterocycles. The van der Waals surface area contributed by atoms with Crippen LogP contribution < -0.4 is 11.1 Å². The molecule has 0 saturated heterocycles. The number of hydrogen-bond acceptors (Lipinski definition) is 2. The highest BCUT2D eigenvalue weighted by atomic mass is 127. The molecule has 0 aliphatic heterocycles. The van der Waals surface area contributed by atoms with Crippen LogP contribution in [0, 0.1) is 16.3 Å². The number of hydrogen-bond donors (Lipinski definition) is 2. The van der Waals surface area contributed by atoms with E-state index in [1.807, 2.05) is 35.6 Å². The van der Waals surface area contributed by atoms with Gasteiger partial charge in [0.1, 0.15) is 5.82 Å². The molecule has 0 spiro atoms. The molecule has 3 nitrogen and oxygen atoms in total. The van der Waals surface area contributed by atoms with Gasteiger partial charge in [-0.25, -0.2) is 4.39 Å². The summed E-state index contributed by atoms with van der Waals surface area (Å²) < 4.78 is 13.5. The van der Waals surface area contributed by atoms with Crippen molar-refractivity contribution < 1.29 is 9.18 Å². The van der Waals surface area contributed by atoms with Gasteiger partial charge in [-0.2, -0.15) is 0 Å². The molecule has 1 amide bonds. The summed E-state index contributed by atoms with van der Waals surface area (Å²) in [4.78, 5) is 12.1. The first-order valence-electron chi connectivity index (χ1n) is 5.60. The van der Waals surface area contributed by atoms with Crippen molar-refractivity contribution in [3.8, 4) is 0 Å². The van der Waals surface area contributed by atoms with Gasteiger partial charge >= 0.3 is 0 Å². The summed E-state index contributed by atoms with van der Waals surface area (Å²) in [5.74, 6) is -0.671. The maximum absolute atomic E-state index is 13.0. The third-order valence-corrected chi connectivity index (χ3v) is 3.52. The zero-order valence-electron chi connectivity index (χ0n) is 10.2. The van der Waals surface area contributed by atoms with Crippen molar-refractivity contribution in [1.29, 1.82) is 0 Å². The second-order valence-electron chi connectivity index (χ2n) is 4.17. The number of nitrogens with two attached hydrogens (primary N) is 1. The summed E-state index contributed by atoms with van der Waals surface area (Å²) >= 11 is 1.93. The molecule has 19 heavy (non-hydrogen) atoms. The maximum Gasteiger partial charge on any atom is 0.256 e. The molecule has 0 unspecified atom stereocenters. The monoisotopic (exact) mass is 370 g/mol. The van der Waals surface area contributed by atoms with E-state index in [0.29, 0.717) is 20.5 Å². The normalized spacial score (nSPS) is 10.3. The number of benzene rings is 2. The smallest absolute Gasteiger partial charge is 0.256 e. The summed E-state index contributed by atoms with van der Waals surface area (Å²) in [5.41, 5.74) is 8.33. The Morgan fingerprint density at radius 3 is 2.63 bits per heavy atom. The highest BCUT2D eigenvalue weighted by Crippen LogP contribution is 2.21. The molecular weight excluding hydrogens is 358 g/mol. The summed E-state index contributed by atoms with van der Waals surface area (Å²) in [7, 11) is 0. The lowest BCUT2D eigenvalue weighted by Crippen LogP contribution is -2.14. The lowest BCUT2D eigenvalue weighted by atomic mass is 10.1. The number of nitrogen functional groups attached to an aromatic ring is 1. The molecule has 2 aromatic carbocycles. The van der Waals surface area contributed by atoms with Crippen LogP contribution in [0.5, 0.6) is 0 Å². The number of rotatable bonds is 2. The number of carbonyl (C=O) groups is 1. The quantitative estimate of drug-likeness (QED) is 0.627. The Bertz CT molecular complexity index is 643. The third-order valence-electron chi connectivity index (χ3n) is 2.63. The Labute approximate surface area is 124 Å². The first-order chi connectivity index (χ1) is 8.97. The Morgan fingerprint density at radius 2 is 2.00 bits per heavy atom. The van der Waals surface area contributed by atoms with Crippen molar-refractivity contribution in [2.45, 2.75) is 6.92 Å². The minimum absolute atomic E-state index is 0.306. The zero-order chi connectivity index (χ0) is 14.0. The van der Waals surface area contributed by atoms with E-state index in [2.05, 4.69) is 5.32 Å². The molecule has 5 heteroatoms. The van der Waals surface area contributed by atoms with Crippen LogP contribution in [0.25, 0.3) is 0 Å². The summed E-state index contributed by atoms with van der Waals surface area (Å²) in [6, 6.07) is 9.42. The van der Waals surface area contributed by atoms with Crippen molar-refractivity contribution in [2.24, 2.45) is 0 Å². The van der Waals surface area contributed by atoms with E-state index in [9.17, 15) is 9.18 Å². The fraction of sp³-hybridized carbons (Fsp3) is 0.0714. The molecular formula is C14H12FIN2O. The van der Waals surface area contributed by atoms with Crippen molar-refractivity contribution in [1.82, 2.24) is 0 Å². The van der Waals surface area contributed by atoms with Crippen LogP contribution in [-0.2, 0) is 0 Å². The topological polar surface area (TPSA) is 55.1 Å². The number of anilines is 2. The van der Waals surface area contributed by atoms with Crippen LogP contribution >= 0.6 is 22.6 Å². The summed E-state index contributed by atoms with van der Waals surface area (Å²) in [6.45, 7) is 1.92. The van der Waals surface area contributed by atoms with Gasteiger partial charge in [-0.3, -0.25) is 4.79 Å². The van der Waals surface area contributed by atoms with Gasteiger partial charge < -0.3 is 11.1 Å². The first-order valence-corrected chi connectivity index (χ1v) is 6.68. The van der Waals surface area contributed by atoms with E-state index in [1.165, 1.54) is 18.2 Å². The molecule has 0 fully saturated rings. The number of carbonyl (C=O) groups excluding carboxylic acids is 1. The van der Waals surface area contributed by atoms with Gasteiger partial charge in [0, 0.05) is 3.57 Å². The lowest BCUT2D eigenvalue weighted by molar-refractivity contribution is 0.102. The van der Waals surface area contributed by atoms with Crippen molar-refractivity contribution in [3.63, 3.8) is 0 Å². The van der Waals surface area contributed by atoms with Crippen LogP contribution in [0.4, 0.5) is 15.8 Å².